The highest BCUT2D eigenvalue weighted by molar-refractivity contribution is 6.10. The van der Waals surface area contributed by atoms with Crippen LogP contribution < -0.4 is 10.9 Å². The fourth-order valence-electron chi connectivity index (χ4n) is 3.46. The summed E-state index contributed by atoms with van der Waals surface area (Å²) >= 11 is 0. The topological polar surface area (TPSA) is 101 Å². The zero-order valence-electron chi connectivity index (χ0n) is 17.9. The van der Waals surface area contributed by atoms with Crippen molar-refractivity contribution in [3.05, 3.63) is 106 Å². The largest absolute Gasteiger partial charge is 0.462 e. The van der Waals surface area contributed by atoms with Crippen LogP contribution >= 0.6 is 0 Å². The number of rotatable bonds is 6. The SMILES string of the molecule is CCOC(=O)c1ccc(NC(=O)c2c(-c3ccccc3)c(-c3ccccc3)n[nH]c2=O)cc1. The van der Waals surface area contributed by atoms with Gasteiger partial charge in [0.15, 0.2) is 0 Å². The summed E-state index contributed by atoms with van der Waals surface area (Å²) < 4.78 is 4.98. The molecule has 7 nitrogen and oxygen atoms in total. The third kappa shape index (κ3) is 4.72. The van der Waals surface area contributed by atoms with Crippen molar-refractivity contribution in [2.24, 2.45) is 0 Å². The first-order chi connectivity index (χ1) is 16.1. The van der Waals surface area contributed by atoms with E-state index >= 15 is 0 Å². The zero-order chi connectivity index (χ0) is 23.2. The highest BCUT2D eigenvalue weighted by Crippen LogP contribution is 2.31. The molecule has 0 spiro atoms. The number of ether oxygens (including phenoxy) is 1. The molecule has 0 saturated carbocycles. The molecule has 0 fully saturated rings. The average Bonchev–Trinajstić information content (AvgIpc) is 2.85. The van der Waals surface area contributed by atoms with Gasteiger partial charge in [0.25, 0.3) is 11.5 Å². The minimum Gasteiger partial charge on any atom is -0.462 e. The van der Waals surface area contributed by atoms with E-state index in [0.29, 0.717) is 28.1 Å². The Morgan fingerprint density at radius 1 is 0.879 bits per heavy atom. The van der Waals surface area contributed by atoms with Gasteiger partial charge in [-0.1, -0.05) is 60.7 Å². The van der Waals surface area contributed by atoms with Crippen molar-refractivity contribution in [1.29, 1.82) is 0 Å². The molecule has 0 aliphatic carbocycles. The summed E-state index contributed by atoms with van der Waals surface area (Å²) in [4.78, 5) is 37.9. The number of nitrogens with zero attached hydrogens (tertiary/aromatic N) is 1. The Hall–Kier alpha value is -4.52. The van der Waals surface area contributed by atoms with Crippen molar-refractivity contribution >= 4 is 17.6 Å². The fourth-order valence-corrected chi connectivity index (χ4v) is 3.46. The third-order valence-corrected chi connectivity index (χ3v) is 4.97. The van der Waals surface area contributed by atoms with E-state index < -0.39 is 17.4 Å². The Bertz CT molecular complexity index is 1330. The van der Waals surface area contributed by atoms with Crippen LogP contribution in [0.1, 0.15) is 27.6 Å². The zero-order valence-corrected chi connectivity index (χ0v) is 17.9. The maximum Gasteiger partial charge on any atom is 0.338 e. The molecule has 1 heterocycles. The lowest BCUT2D eigenvalue weighted by Crippen LogP contribution is -2.26. The van der Waals surface area contributed by atoms with E-state index in [-0.39, 0.29) is 12.2 Å². The Morgan fingerprint density at radius 3 is 2.09 bits per heavy atom. The first-order valence-electron chi connectivity index (χ1n) is 10.4. The van der Waals surface area contributed by atoms with Gasteiger partial charge in [0.2, 0.25) is 0 Å². The molecule has 0 radical (unpaired) electrons. The lowest BCUT2D eigenvalue weighted by atomic mass is 9.95. The molecule has 0 atom stereocenters. The maximum absolute atomic E-state index is 13.3. The van der Waals surface area contributed by atoms with E-state index in [2.05, 4.69) is 15.5 Å². The lowest BCUT2D eigenvalue weighted by molar-refractivity contribution is 0.0526. The van der Waals surface area contributed by atoms with Gasteiger partial charge >= 0.3 is 5.97 Å². The molecule has 2 N–H and O–H groups in total. The van der Waals surface area contributed by atoms with Crippen molar-refractivity contribution < 1.29 is 14.3 Å². The number of H-pyrrole nitrogens is 1. The van der Waals surface area contributed by atoms with E-state index in [0.717, 1.165) is 5.56 Å². The van der Waals surface area contributed by atoms with Crippen LogP contribution in [0.4, 0.5) is 5.69 Å². The van der Waals surface area contributed by atoms with E-state index in [1.807, 2.05) is 60.7 Å². The van der Waals surface area contributed by atoms with Crippen LogP contribution in [0.15, 0.2) is 89.7 Å². The van der Waals surface area contributed by atoms with Gasteiger partial charge in [-0.2, -0.15) is 5.10 Å². The Morgan fingerprint density at radius 2 is 1.48 bits per heavy atom. The summed E-state index contributed by atoms with van der Waals surface area (Å²) in [7, 11) is 0. The minimum atomic E-state index is -0.603. The molecule has 0 aliphatic heterocycles. The first-order valence-corrected chi connectivity index (χ1v) is 10.4. The van der Waals surface area contributed by atoms with E-state index in [9.17, 15) is 14.4 Å². The lowest BCUT2D eigenvalue weighted by Gasteiger charge is -2.14. The molecule has 33 heavy (non-hydrogen) atoms. The van der Waals surface area contributed by atoms with E-state index in [4.69, 9.17) is 4.74 Å². The van der Waals surface area contributed by atoms with Crippen LogP contribution in [0.2, 0.25) is 0 Å². The standard InChI is InChI=1S/C26H21N3O4/c1-2-33-26(32)19-13-15-20(16-14-19)27-24(30)22-21(17-9-5-3-6-10-17)23(28-29-25(22)31)18-11-7-4-8-12-18/h3-16H,2H2,1H3,(H,27,30)(H,29,31). The van der Waals surface area contributed by atoms with Gasteiger partial charge in [0, 0.05) is 16.8 Å². The monoisotopic (exact) mass is 439 g/mol. The second kappa shape index (κ2) is 9.74. The molecule has 3 aromatic carbocycles. The number of carbonyl (C=O) groups excluding carboxylic acids is 2. The molecule has 1 aromatic heterocycles. The van der Waals surface area contributed by atoms with Crippen molar-refractivity contribution in [3.8, 4) is 22.4 Å². The molecular formula is C26H21N3O4. The Balaban J connectivity index is 1.76. The molecule has 0 bridgehead atoms. The number of aromatic amines is 1. The number of hydrogen-bond donors (Lipinski definition) is 2. The second-order valence-corrected chi connectivity index (χ2v) is 7.14. The number of nitrogens with one attached hydrogen (secondary N) is 2. The normalized spacial score (nSPS) is 10.5. The Labute approximate surface area is 190 Å². The van der Waals surface area contributed by atoms with Gasteiger partial charge in [0.1, 0.15) is 5.56 Å². The molecule has 4 aromatic rings. The number of carbonyl (C=O) groups is 2. The maximum atomic E-state index is 13.3. The first kappa shape index (κ1) is 21.7. The number of anilines is 1. The van der Waals surface area contributed by atoms with Crippen LogP contribution in [0, 0.1) is 0 Å². The summed E-state index contributed by atoms with van der Waals surface area (Å²) in [5, 5.41) is 9.46. The molecule has 0 aliphatic rings. The fraction of sp³-hybridized carbons (Fsp3) is 0.0769. The quantitative estimate of drug-likeness (QED) is 0.430. The average molecular weight is 439 g/mol. The molecule has 4 rings (SSSR count). The summed E-state index contributed by atoms with van der Waals surface area (Å²) in [5.41, 5.74) is 2.53. The van der Waals surface area contributed by atoms with Crippen molar-refractivity contribution in [1.82, 2.24) is 10.2 Å². The van der Waals surface area contributed by atoms with E-state index in [1.54, 1.807) is 31.2 Å². The predicted molar refractivity (Wildman–Crippen MR) is 126 cm³/mol. The smallest absolute Gasteiger partial charge is 0.338 e. The number of esters is 1. The Kier molecular flexibility index (Phi) is 6.40. The van der Waals surface area contributed by atoms with Gasteiger partial charge in [0.05, 0.1) is 17.9 Å². The van der Waals surface area contributed by atoms with Crippen molar-refractivity contribution in [2.75, 3.05) is 11.9 Å². The van der Waals surface area contributed by atoms with Crippen LogP contribution in [0.3, 0.4) is 0 Å². The molecule has 0 saturated heterocycles. The number of aromatic nitrogens is 2. The molecule has 7 heteroatoms. The molecule has 0 unspecified atom stereocenters. The summed E-state index contributed by atoms with van der Waals surface area (Å²) in [6.45, 7) is 2.00. The van der Waals surface area contributed by atoms with Crippen LogP contribution in [-0.4, -0.2) is 28.7 Å². The van der Waals surface area contributed by atoms with Gasteiger partial charge in [-0.05, 0) is 36.8 Å². The predicted octanol–water partition coefficient (Wildman–Crippen LogP) is 4.53. The number of benzene rings is 3. The van der Waals surface area contributed by atoms with Crippen LogP contribution in [0.5, 0.6) is 0 Å². The van der Waals surface area contributed by atoms with Crippen molar-refractivity contribution in [3.63, 3.8) is 0 Å². The second-order valence-electron chi connectivity index (χ2n) is 7.14. The highest BCUT2D eigenvalue weighted by Gasteiger charge is 2.23. The number of amides is 1. The highest BCUT2D eigenvalue weighted by atomic mass is 16.5. The molecular weight excluding hydrogens is 418 g/mol. The van der Waals surface area contributed by atoms with Gasteiger partial charge in [-0.3, -0.25) is 9.59 Å². The summed E-state index contributed by atoms with van der Waals surface area (Å²) in [6.07, 6.45) is 0. The van der Waals surface area contributed by atoms with Crippen LogP contribution in [-0.2, 0) is 4.74 Å². The third-order valence-electron chi connectivity index (χ3n) is 4.97. The van der Waals surface area contributed by atoms with Gasteiger partial charge in [-0.25, -0.2) is 9.89 Å². The number of hydrogen-bond acceptors (Lipinski definition) is 5. The van der Waals surface area contributed by atoms with Crippen molar-refractivity contribution in [2.45, 2.75) is 6.92 Å². The van der Waals surface area contributed by atoms with Crippen LogP contribution in [0.25, 0.3) is 22.4 Å². The van der Waals surface area contributed by atoms with Gasteiger partial charge < -0.3 is 10.1 Å². The van der Waals surface area contributed by atoms with E-state index in [1.165, 1.54) is 0 Å². The summed E-state index contributed by atoms with van der Waals surface area (Å²) in [5.74, 6) is -1.03. The minimum absolute atomic E-state index is 0.0514. The molecule has 1 amide bonds. The molecule has 164 valence electrons. The summed E-state index contributed by atoms with van der Waals surface area (Å²) in [6, 6.07) is 24.8. The van der Waals surface area contributed by atoms with Gasteiger partial charge in [-0.15, -0.1) is 0 Å².